The molecule has 1 heterocycles. The van der Waals surface area contributed by atoms with Gasteiger partial charge in [0.1, 0.15) is 5.75 Å². The first kappa shape index (κ1) is 14.0. The molecule has 0 bridgehead atoms. The Morgan fingerprint density at radius 1 is 1.30 bits per heavy atom. The van der Waals surface area contributed by atoms with Gasteiger partial charge in [0.15, 0.2) is 0 Å². The largest absolute Gasteiger partial charge is 0.497 e. The lowest BCUT2D eigenvalue weighted by Crippen LogP contribution is -2.16. The highest BCUT2D eigenvalue weighted by molar-refractivity contribution is 5.89. The van der Waals surface area contributed by atoms with Crippen LogP contribution in [0.3, 0.4) is 0 Å². The highest BCUT2D eigenvalue weighted by Crippen LogP contribution is 2.23. The molecule has 104 valence electrons. The van der Waals surface area contributed by atoms with Crippen molar-refractivity contribution in [3.8, 4) is 5.75 Å². The van der Waals surface area contributed by atoms with Crippen molar-refractivity contribution in [3.05, 3.63) is 48.3 Å². The maximum Gasteiger partial charge on any atom is 0.229 e. The Bertz CT molecular complexity index is 572. The van der Waals surface area contributed by atoms with E-state index in [0.717, 1.165) is 11.3 Å². The number of benzene rings is 1. The molecule has 5 nitrogen and oxygen atoms in total. The van der Waals surface area contributed by atoms with E-state index in [1.807, 2.05) is 31.2 Å². The quantitative estimate of drug-likeness (QED) is 0.908. The summed E-state index contributed by atoms with van der Waals surface area (Å²) in [4.78, 5) is 19.9. The third-order valence-corrected chi connectivity index (χ3v) is 2.97. The molecule has 0 aliphatic heterocycles. The minimum Gasteiger partial charge on any atom is -0.497 e. The fourth-order valence-corrected chi connectivity index (χ4v) is 1.88. The molecule has 1 aromatic heterocycles. The van der Waals surface area contributed by atoms with Crippen LogP contribution >= 0.6 is 0 Å². The molecule has 2 rings (SSSR count). The summed E-state index contributed by atoms with van der Waals surface area (Å²) in [5.74, 6) is 1.11. The molecular weight excluding hydrogens is 254 g/mol. The second-order valence-corrected chi connectivity index (χ2v) is 4.50. The van der Waals surface area contributed by atoms with Crippen molar-refractivity contribution < 1.29 is 9.53 Å². The zero-order valence-electron chi connectivity index (χ0n) is 11.5. The van der Waals surface area contributed by atoms with Gasteiger partial charge < -0.3 is 4.74 Å². The van der Waals surface area contributed by atoms with Gasteiger partial charge in [-0.3, -0.25) is 10.1 Å². The van der Waals surface area contributed by atoms with Crippen molar-refractivity contribution in [2.75, 3.05) is 12.4 Å². The number of methoxy groups -OCH3 is 1. The van der Waals surface area contributed by atoms with Crippen molar-refractivity contribution in [1.82, 2.24) is 9.97 Å². The van der Waals surface area contributed by atoms with Gasteiger partial charge in [0, 0.05) is 18.8 Å². The summed E-state index contributed by atoms with van der Waals surface area (Å²) >= 11 is 0. The molecule has 0 saturated heterocycles. The van der Waals surface area contributed by atoms with Gasteiger partial charge in [0.05, 0.1) is 7.11 Å². The maximum absolute atomic E-state index is 11.9. The number of nitrogens with one attached hydrogen (secondary N) is 1. The smallest absolute Gasteiger partial charge is 0.229 e. The van der Waals surface area contributed by atoms with E-state index in [1.165, 1.54) is 0 Å². The third-order valence-electron chi connectivity index (χ3n) is 2.97. The summed E-state index contributed by atoms with van der Waals surface area (Å²) in [5, 5.41) is 2.68. The molecule has 0 aliphatic rings. The molecule has 5 heteroatoms. The molecular formula is C15H17N3O2. The van der Waals surface area contributed by atoms with Crippen LogP contribution in [0.4, 0.5) is 5.95 Å². The standard InChI is InChI=1S/C15H17N3O2/c1-11(12-5-3-6-13(10-12)20-2)9-14(19)18-15-16-7-4-8-17-15/h3-8,10-11H,9H2,1-2H3,(H,16,17,18,19). The number of amides is 1. The van der Waals surface area contributed by atoms with Gasteiger partial charge in [0.25, 0.3) is 0 Å². The van der Waals surface area contributed by atoms with Crippen LogP contribution in [0.15, 0.2) is 42.7 Å². The molecule has 0 radical (unpaired) electrons. The van der Waals surface area contributed by atoms with E-state index in [1.54, 1.807) is 25.6 Å². The highest BCUT2D eigenvalue weighted by Gasteiger charge is 2.12. The molecule has 20 heavy (non-hydrogen) atoms. The summed E-state index contributed by atoms with van der Waals surface area (Å²) < 4.78 is 5.19. The number of rotatable bonds is 5. The van der Waals surface area contributed by atoms with E-state index in [-0.39, 0.29) is 11.8 Å². The van der Waals surface area contributed by atoms with Crippen molar-refractivity contribution in [1.29, 1.82) is 0 Å². The van der Waals surface area contributed by atoms with Crippen molar-refractivity contribution >= 4 is 11.9 Å². The number of hydrogen-bond acceptors (Lipinski definition) is 4. The number of ether oxygens (including phenoxy) is 1. The first-order chi connectivity index (χ1) is 9.69. The monoisotopic (exact) mass is 271 g/mol. The van der Waals surface area contributed by atoms with Gasteiger partial charge in [-0.25, -0.2) is 9.97 Å². The Labute approximate surface area is 118 Å². The van der Waals surface area contributed by atoms with E-state index >= 15 is 0 Å². The van der Waals surface area contributed by atoms with Crippen molar-refractivity contribution in [3.63, 3.8) is 0 Å². The van der Waals surface area contributed by atoms with Gasteiger partial charge in [-0.15, -0.1) is 0 Å². The molecule has 0 spiro atoms. The summed E-state index contributed by atoms with van der Waals surface area (Å²) in [6.45, 7) is 2.00. The Balaban J connectivity index is 1.96. The fourth-order valence-electron chi connectivity index (χ4n) is 1.88. The average Bonchev–Trinajstić information content (AvgIpc) is 2.48. The van der Waals surface area contributed by atoms with Crippen LogP contribution in [-0.4, -0.2) is 23.0 Å². The van der Waals surface area contributed by atoms with Crippen LogP contribution < -0.4 is 10.1 Å². The average molecular weight is 271 g/mol. The second kappa shape index (κ2) is 6.65. The zero-order chi connectivity index (χ0) is 14.4. The lowest BCUT2D eigenvalue weighted by atomic mass is 9.97. The fraction of sp³-hybridized carbons (Fsp3) is 0.267. The van der Waals surface area contributed by atoms with E-state index < -0.39 is 0 Å². The third kappa shape index (κ3) is 3.78. The van der Waals surface area contributed by atoms with Crippen molar-refractivity contribution in [2.24, 2.45) is 0 Å². The lowest BCUT2D eigenvalue weighted by molar-refractivity contribution is -0.116. The number of anilines is 1. The van der Waals surface area contributed by atoms with Gasteiger partial charge in [-0.1, -0.05) is 19.1 Å². The highest BCUT2D eigenvalue weighted by atomic mass is 16.5. The molecule has 1 N–H and O–H groups in total. The Kier molecular flexibility index (Phi) is 4.65. The molecule has 1 aromatic carbocycles. The Morgan fingerprint density at radius 2 is 2.05 bits per heavy atom. The number of nitrogens with zero attached hydrogens (tertiary/aromatic N) is 2. The van der Waals surface area contributed by atoms with E-state index in [2.05, 4.69) is 15.3 Å². The van der Waals surface area contributed by atoms with Crippen LogP contribution in [0.1, 0.15) is 24.8 Å². The van der Waals surface area contributed by atoms with Crippen LogP contribution in [-0.2, 0) is 4.79 Å². The maximum atomic E-state index is 11.9. The Morgan fingerprint density at radius 3 is 2.75 bits per heavy atom. The van der Waals surface area contributed by atoms with E-state index in [4.69, 9.17) is 4.74 Å². The van der Waals surface area contributed by atoms with Crippen LogP contribution in [0.25, 0.3) is 0 Å². The summed E-state index contributed by atoms with van der Waals surface area (Å²) in [6.07, 6.45) is 3.55. The number of carbonyl (C=O) groups is 1. The van der Waals surface area contributed by atoms with Crippen LogP contribution in [0.5, 0.6) is 5.75 Å². The predicted molar refractivity (Wildman–Crippen MR) is 76.7 cm³/mol. The molecule has 1 atom stereocenters. The molecule has 1 unspecified atom stereocenters. The van der Waals surface area contributed by atoms with Crippen LogP contribution in [0, 0.1) is 0 Å². The molecule has 0 fully saturated rings. The molecule has 0 aliphatic carbocycles. The topological polar surface area (TPSA) is 64.1 Å². The summed E-state index contributed by atoms with van der Waals surface area (Å²) in [5.41, 5.74) is 1.06. The lowest BCUT2D eigenvalue weighted by Gasteiger charge is -2.12. The van der Waals surface area contributed by atoms with Gasteiger partial charge >= 0.3 is 0 Å². The predicted octanol–water partition coefficient (Wildman–Crippen LogP) is 2.62. The summed E-state index contributed by atoms with van der Waals surface area (Å²) in [7, 11) is 1.63. The minimum absolute atomic E-state index is 0.0915. The normalized spacial score (nSPS) is 11.7. The number of aromatic nitrogens is 2. The summed E-state index contributed by atoms with van der Waals surface area (Å²) in [6, 6.07) is 9.43. The minimum atomic E-state index is -0.105. The first-order valence-corrected chi connectivity index (χ1v) is 6.40. The molecule has 1 amide bonds. The van der Waals surface area contributed by atoms with Gasteiger partial charge in [-0.2, -0.15) is 0 Å². The SMILES string of the molecule is COc1cccc(C(C)CC(=O)Nc2ncccn2)c1. The Hall–Kier alpha value is -2.43. The van der Waals surface area contributed by atoms with E-state index in [9.17, 15) is 4.79 Å². The second-order valence-electron chi connectivity index (χ2n) is 4.50. The van der Waals surface area contributed by atoms with E-state index in [0.29, 0.717) is 12.4 Å². The van der Waals surface area contributed by atoms with Crippen molar-refractivity contribution in [2.45, 2.75) is 19.3 Å². The zero-order valence-corrected chi connectivity index (χ0v) is 11.5. The molecule has 2 aromatic rings. The number of hydrogen-bond donors (Lipinski definition) is 1. The van der Waals surface area contributed by atoms with Gasteiger partial charge in [0.2, 0.25) is 11.9 Å². The first-order valence-electron chi connectivity index (χ1n) is 6.40. The number of carbonyl (C=O) groups excluding carboxylic acids is 1. The van der Waals surface area contributed by atoms with Gasteiger partial charge in [-0.05, 0) is 29.7 Å². The van der Waals surface area contributed by atoms with Crippen LogP contribution in [0.2, 0.25) is 0 Å². The molecule has 0 saturated carbocycles.